The van der Waals surface area contributed by atoms with Gasteiger partial charge >= 0.3 is 0 Å². The van der Waals surface area contributed by atoms with Crippen LogP contribution in [-0.4, -0.2) is 47.0 Å². The molecule has 1 aromatic rings. The molecule has 1 amide bonds. The Morgan fingerprint density at radius 3 is 2.60 bits per heavy atom. The summed E-state index contributed by atoms with van der Waals surface area (Å²) >= 11 is 0. The third-order valence-corrected chi connectivity index (χ3v) is 4.09. The summed E-state index contributed by atoms with van der Waals surface area (Å²) in [4.78, 5) is 12.7. The van der Waals surface area contributed by atoms with E-state index in [9.17, 15) is 13.2 Å². The number of hydrogen-bond donors (Lipinski definition) is 2. The number of ether oxygens (including phenoxy) is 1. The Bertz CT molecular complexity index is 584. The summed E-state index contributed by atoms with van der Waals surface area (Å²) in [5, 5.41) is 0. The van der Waals surface area contributed by atoms with Gasteiger partial charge in [0.2, 0.25) is 15.9 Å². The van der Waals surface area contributed by atoms with E-state index in [0.717, 1.165) is 0 Å². The largest absolute Gasteiger partial charge is 0.495 e. The number of nitrogen functional groups attached to an aromatic ring is 1. The second-order valence-corrected chi connectivity index (χ2v) is 6.08. The average molecular weight is 301 g/mol. The fourth-order valence-corrected chi connectivity index (χ4v) is 2.73. The molecule has 0 radical (unpaired) electrons. The van der Waals surface area contributed by atoms with Gasteiger partial charge < -0.3 is 15.4 Å². The molecule has 0 aliphatic rings. The number of sulfonamides is 1. The SMILES string of the molecule is COc1ccc(N)cc1S(=O)(=O)NCCC(=O)N(C)C. The van der Waals surface area contributed by atoms with Crippen LogP contribution in [-0.2, 0) is 14.8 Å². The molecule has 1 rings (SSSR count). The van der Waals surface area contributed by atoms with Gasteiger partial charge in [0.15, 0.2) is 0 Å². The van der Waals surface area contributed by atoms with E-state index >= 15 is 0 Å². The van der Waals surface area contributed by atoms with E-state index in [-0.39, 0.29) is 29.5 Å². The minimum absolute atomic E-state index is 0.0112. The molecule has 0 unspecified atom stereocenters. The number of nitrogens with zero attached hydrogens (tertiary/aromatic N) is 1. The van der Waals surface area contributed by atoms with Gasteiger partial charge in [0.1, 0.15) is 10.6 Å². The van der Waals surface area contributed by atoms with Crippen LogP contribution < -0.4 is 15.2 Å². The highest BCUT2D eigenvalue weighted by molar-refractivity contribution is 7.89. The molecular weight excluding hydrogens is 282 g/mol. The normalized spacial score (nSPS) is 11.2. The van der Waals surface area contributed by atoms with Crippen molar-refractivity contribution in [3.05, 3.63) is 18.2 Å². The summed E-state index contributed by atoms with van der Waals surface area (Å²) in [6.45, 7) is 0.0112. The number of benzene rings is 1. The maximum absolute atomic E-state index is 12.1. The molecule has 0 heterocycles. The molecule has 0 aliphatic heterocycles. The third kappa shape index (κ3) is 4.10. The first kappa shape index (κ1) is 16.3. The van der Waals surface area contributed by atoms with Crippen LogP contribution in [0.15, 0.2) is 23.1 Å². The van der Waals surface area contributed by atoms with Crippen molar-refractivity contribution in [2.45, 2.75) is 11.3 Å². The Kier molecular flexibility index (Phi) is 5.34. The van der Waals surface area contributed by atoms with Crippen LogP contribution in [0.3, 0.4) is 0 Å². The molecule has 7 nitrogen and oxygen atoms in total. The van der Waals surface area contributed by atoms with Gasteiger partial charge in [0, 0.05) is 32.7 Å². The lowest BCUT2D eigenvalue weighted by Gasteiger charge is -2.13. The molecule has 1 aromatic carbocycles. The van der Waals surface area contributed by atoms with Crippen molar-refractivity contribution in [2.24, 2.45) is 0 Å². The van der Waals surface area contributed by atoms with Crippen LogP contribution in [0, 0.1) is 0 Å². The highest BCUT2D eigenvalue weighted by Gasteiger charge is 2.20. The highest BCUT2D eigenvalue weighted by atomic mass is 32.2. The smallest absolute Gasteiger partial charge is 0.244 e. The van der Waals surface area contributed by atoms with Gasteiger partial charge in [-0.25, -0.2) is 13.1 Å². The van der Waals surface area contributed by atoms with Crippen molar-refractivity contribution in [1.82, 2.24) is 9.62 Å². The van der Waals surface area contributed by atoms with Crippen molar-refractivity contribution >= 4 is 21.6 Å². The van der Waals surface area contributed by atoms with Crippen LogP contribution in [0.1, 0.15) is 6.42 Å². The lowest BCUT2D eigenvalue weighted by molar-refractivity contribution is -0.128. The maximum Gasteiger partial charge on any atom is 0.244 e. The number of nitrogens with one attached hydrogen (secondary N) is 1. The zero-order valence-electron chi connectivity index (χ0n) is 11.7. The monoisotopic (exact) mass is 301 g/mol. The Hall–Kier alpha value is -1.80. The van der Waals surface area contributed by atoms with E-state index in [1.807, 2.05) is 0 Å². The van der Waals surface area contributed by atoms with E-state index in [0.29, 0.717) is 5.69 Å². The van der Waals surface area contributed by atoms with Crippen LogP contribution in [0.2, 0.25) is 0 Å². The number of anilines is 1. The van der Waals surface area contributed by atoms with Gasteiger partial charge in [0.25, 0.3) is 0 Å². The predicted molar refractivity (Wildman–Crippen MR) is 75.9 cm³/mol. The molecule has 0 saturated carbocycles. The van der Waals surface area contributed by atoms with Crippen molar-refractivity contribution < 1.29 is 17.9 Å². The summed E-state index contributed by atoms with van der Waals surface area (Å²) in [7, 11) is 0.820. The van der Waals surface area contributed by atoms with Crippen molar-refractivity contribution in [1.29, 1.82) is 0 Å². The zero-order chi connectivity index (χ0) is 15.3. The number of carbonyl (C=O) groups is 1. The summed E-state index contributed by atoms with van der Waals surface area (Å²) in [6.07, 6.45) is 0.0802. The molecule has 0 atom stereocenters. The fraction of sp³-hybridized carbons (Fsp3) is 0.417. The number of nitrogens with two attached hydrogens (primary N) is 1. The second kappa shape index (κ2) is 6.58. The molecule has 0 bridgehead atoms. The summed E-state index contributed by atoms with van der Waals surface area (Å²) in [5.41, 5.74) is 5.90. The lowest BCUT2D eigenvalue weighted by atomic mass is 10.3. The van der Waals surface area contributed by atoms with Gasteiger partial charge in [-0.2, -0.15) is 0 Å². The van der Waals surface area contributed by atoms with Gasteiger partial charge in [0.05, 0.1) is 7.11 Å². The lowest BCUT2D eigenvalue weighted by Crippen LogP contribution is -2.30. The number of carbonyl (C=O) groups excluding carboxylic acids is 1. The Morgan fingerprint density at radius 2 is 2.05 bits per heavy atom. The van der Waals surface area contributed by atoms with Crippen LogP contribution in [0.25, 0.3) is 0 Å². The van der Waals surface area contributed by atoms with Crippen molar-refractivity contribution in [3.63, 3.8) is 0 Å². The summed E-state index contributed by atoms with van der Waals surface area (Å²) in [5.74, 6) is 0.0397. The zero-order valence-corrected chi connectivity index (χ0v) is 12.5. The van der Waals surface area contributed by atoms with E-state index in [1.165, 1.54) is 24.1 Å². The van der Waals surface area contributed by atoms with Gasteiger partial charge in [-0.1, -0.05) is 0 Å². The fourth-order valence-electron chi connectivity index (χ4n) is 1.50. The first-order valence-electron chi connectivity index (χ1n) is 5.91. The number of hydrogen-bond acceptors (Lipinski definition) is 5. The number of methoxy groups -OCH3 is 1. The van der Waals surface area contributed by atoms with E-state index in [2.05, 4.69) is 4.72 Å². The Morgan fingerprint density at radius 1 is 1.40 bits per heavy atom. The van der Waals surface area contributed by atoms with E-state index < -0.39 is 10.0 Å². The molecular formula is C12H19N3O4S. The van der Waals surface area contributed by atoms with Gasteiger partial charge in [-0.05, 0) is 18.2 Å². The second-order valence-electron chi connectivity index (χ2n) is 4.35. The van der Waals surface area contributed by atoms with Crippen LogP contribution in [0.4, 0.5) is 5.69 Å². The number of amides is 1. The van der Waals surface area contributed by atoms with Crippen molar-refractivity contribution in [3.8, 4) is 5.75 Å². The van der Waals surface area contributed by atoms with E-state index in [1.54, 1.807) is 20.2 Å². The molecule has 0 fully saturated rings. The third-order valence-electron chi connectivity index (χ3n) is 2.61. The molecule has 20 heavy (non-hydrogen) atoms. The minimum atomic E-state index is -3.77. The van der Waals surface area contributed by atoms with Crippen LogP contribution in [0.5, 0.6) is 5.75 Å². The molecule has 3 N–H and O–H groups in total. The first-order chi connectivity index (χ1) is 9.27. The predicted octanol–water partition coefficient (Wildman–Crippen LogP) is 0.0340. The standard InChI is InChI=1S/C12H19N3O4S/c1-15(2)12(16)6-7-14-20(17,18)11-8-9(13)4-5-10(11)19-3/h4-5,8,14H,6-7,13H2,1-3H3. The Labute approximate surface area is 118 Å². The van der Waals surface area contributed by atoms with Gasteiger partial charge in [-0.15, -0.1) is 0 Å². The molecule has 0 aromatic heterocycles. The molecule has 0 spiro atoms. The summed E-state index contributed by atoms with van der Waals surface area (Å²) < 4.78 is 31.6. The molecule has 0 saturated heterocycles. The average Bonchev–Trinajstić information content (AvgIpc) is 2.38. The van der Waals surface area contributed by atoms with Crippen molar-refractivity contribution in [2.75, 3.05) is 33.5 Å². The minimum Gasteiger partial charge on any atom is -0.495 e. The van der Waals surface area contributed by atoms with Crippen LogP contribution >= 0.6 is 0 Å². The first-order valence-corrected chi connectivity index (χ1v) is 7.39. The Balaban J connectivity index is 2.84. The molecule has 112 valence electrons. The quantitative estimate of drug-likeness (QED) is 0.722. The van der Waals surface area contributed by atoms with E-state index in [4.69, 9.17) is 10.5 Å². The molecule has 8 heteroatoms. The van der Waals surface area contributed by atoms with Gasteiger partial charge in [-0.3, -0.25) is 4.79 Å². The number of rotatable bonds is 6. The summed E-state index contributed by atoms with van der Waals surface area (Å²) in [6, 6.07) is 4.34. The molecule has 0 aliphatic carbocycles. The maximum atomic E-state index is 12.1. The topological polar surface area (TPSA) is 102 Å². The highest BCUT2D eigenvalue weighted by Crippen LogP contribution is 2.25.